The fraction of sp³-hybridized carbons (Fsp3) is 0.370. The van der Waals surface area contributed by atoms with Gasteiger partial charge in [-0.1, -0.05) is 36.8 Å². The van der Waals surface area contributed by atoms with Gasteiger partial charge >= 0.3 is 0 Å². The molecule has 2 N–H and O–H groups in total. The molecule has 0 amide bonds. The van der Waals surface area contributed by atoms with Crippen LogP contribution < -0.4 is 10.2 Å². The van der Waals surface area contributed by atoms with Gasteiger partial charge in [-0.2, -0.15) is 0 Å². The van der Waals surface area contributed by atoms with E-state index in [4.69, 9.17) is 21.2 Å². The summed E-state index contributed by atoms with van der Waals surface area (Å²) in [6, 6.07) is 4.46. The quantitative estimate of drug-likeness (QED) is 0.182. The Labute approximate surface area is 224 Å². The summed E-state index contributed by atoms with van der Waals surface area (Å²) < 4.78 is 35.1. The zero-order valence-corrected chi connectivity index (χ0v) is 23.1. The normalized spacial score (nSPS) is 20.9. The smallest absolute Gasteiger partial charge is 0.261 e. The molecule has 1 aromatic rings. The number of carbonyl (C=O) groups excluding carboxylic acids is 1. The molecule has 0 radical (unpaired) electrons. The number of benzene rings is 1. The van der Waals surface area contributed by atoms with Crippen LogP contribution in [0.5, 0.6) is 0 Å². The van der Waals surface area contributed by atoms with Gasteiger partial charge in [-0.15, -0.1) is 0 Å². The number of Topliss-reactive ketones (excluding diaryl/α,β-unsaturated/α-hetero) is 1. The van der Waals surface area contributed by atoms with E-state index in [1.165, 1.54) is 31.5 Å². The van der Waals surface area contributed by atoms with E-state index in [1.54, 1.807) is 18.2 Å². The Morgan fingerprint density at radius 2 is 1.97 bits per heavy atom. The number of hydrogen-bond acceptors (Lipinski definition) is 7. The van der Waals surface area contributed by atoms with Gasteiger partial charge in [-0.3, -0.25) is 19.8 Å². The number of nitrogens with zero attached hydrogens (tertiary/aromatic N) is 1. The molecular weight excluding hydrogens is 514 g/mol. The number of ether oxygens (including phenoxy) is 1. The van der Waals surface area contributed by atoms with Crippen molar-refractivity contribution in [2.75, 3.05) is 24.9 Å². The van der Waals surface area contributed by atoms with Gasteiger partial charge in [0, 0.05) is 47.6 Å². The van der Waals surface area contributed by atoms with Crippen LogP contribution in [0.3, 0.4) is 0 Å². The van der Waals surface area contributed by atoms with Gasteiger partial charge in [0.15, 0.2) is 5.78 Å². The lowest BCUT2D eigenvalue weighted by Crippen LogP contribution is -2.44. The predicted molar refractivity (Wildman–Crippen MR) is 147 cm³/mol. The van der Waals surface area contributed by atoms with Gasteiger partial charge in [0.05, 0.1) is 29.9 Å². The number of hydrogen-bond donors (Lipinski definition) is 2. The number of morpholine rings is 1. The van der Waals surface area contributed by atoms with Crippen LogP contribution in [0.15, 0.2) is 77.0 Å². The number of halogens is 1. The Kier molecular flexibility index (Phi) is 10.2. The Balaban J connectivity index is 1.90. The summed E-state index contributed by atoms with van der Waals surface area (Å²) in [5, 5.41) is 0.306. The molecule has 2 aliphatic rings. The van der Waals surface area contributed by atoms with Gasteiger partial charge in [0.25, 0.3) is 10.0 Å². The van der Waals surface area contributed by atoms with Crippen molar-refractivity contribution < 1.29 is 22.8 Å². The van der Waals surface area contributed by atoms with Crippen LogP contribution in [0.4, 0.5) is 5.69 Å². The standard InChI is InChI=1S/C27H34ClN3O5S/c1-5-6-8-21(16-29-35-4)27(32)25-15-22(28)11-14-26(25)30-37(33,34)24-10-7-9-23(12-13-24)31-17-19(2)36-20(3)18-31/h6-8,10-16,19-20,29-30H,5,9,17-18H2,1-4H3/b8-6-,21-16+. The number of nitrogens with one attached hydrogen (secondary N) is 2. The maximum atomic E-state index is 13.4. The SMILES string of the molecule is CC/C=C\C(=C/NOC)C(=O)c1cc(Cl)ccc1NS(=O)(=O)C1=CC=C(N2CC(C)OC(C)C2)CC=C1. The molecule has 1 aliphatic carbocycles. The van der Waals surface area contributed by atoms with Crippen LogP contribution in [0.1, 0.15) is 44.0 Å². The highest BCUT2D eigenvalue weighted by molar-refractivity contribution is 7.96. The molecule has 1 aromatic carbocycles. The first-order valence-electron chi connectivity index (χ1n) is 12.1. The largest absolute Gasteiger partial charge is 0.372 e. The van der Waals surface area contributed by atoms with Crippen LogP contribution in [0.25, 0.3) is 0 Å². The first-order valence-corrected chi connectivity index (χ1v) is 14.0. The van der Waals surface area contributed by atoms with Crippen molar-refractivity contribution in [2.45, 2.75) is 45.8 Å². The molecule has 1 fully saturated rings. The first kappa shape index (κ1) is 28.7. The number of rotatable bonds is 10. The van der Waals surface area contributed by atoms with Crippen LogP contribution in [-0.4, -0.2) is 51.5 Å². The molecular formula is C27H34ClN3O5S. The van der Waals surface area contributed by atoms with E-state index >= 15 is 0 Å². The Bertz CT molecular complexity index is 1240. The monoisotopic (exact) mass is 547 g/mol. The van der Waals surface area contributed by atoms with Crippen LogP contribution in [-0.2, 0) is 19.6 Å². The zero-order valence-electron chi connectivity index (χ0n) is 21.5. The first-order chi connectivity index (χ1) is 17.6. The molecule has 10 heteroatoms. The van der Waals surface area contributed by atoms with Gasteiger partial charge in [0.2, 0.25) is 0 Å². The van der Waals surface area contributed by atoms with Crippen molar-refractivity contribution >= 4 is 33.1 Å². The summed E-state index contributed by atoms with van der Waals surface area (Å²) in [5.41, 5.74) is 4.09. The fourth-order valence-corrected chi connectivity index (χ4v) is 5.41. The average molecular weight is 548 g/mol. The molecule has 1 heterocycles. The number of hydroxylamine groups is 1. The van der Waals surface area contributed by atoms with Crippen molar-refractivity contribution in [1.29, 1.82) is 0 Å². The summed E-state index contributed by atoms with van der Waals surface area (Å²) in [6.45, 7) is 7.49. The van der Waals surface area contributed by atoms with Crippen LogP contribution in [0.2, 0.25) is 5.02 Å². The summed E-state index contributed by atoms with van der Waals surface area (Å²) in [5.74, 6) is -0.419. The van der Waals surface area contributed by atoms with E-state index in [9.17, 15) is 13.2 Å². The molecule has 0 saturated carbocycles. The minimum Gasteiger partial charge on any atom is -0.372 e. The molecule has 0 bridgehead atoms. The van der Waals surface area contributed by atoms with Gasteiger partial charge in [-0.25, -0.2) is 8.42 Å². The minimum atomic E-state index is -4.00. The Morgan fingerprint density at radius 3 is 2.65 bits per heavy atom. The van der Waals surface area contributed by atoms with E-state index in [1.807, 2.05) is 39.0 Å². The van der Waals surface area contributed by atoms with Crippen molar-refractivity contribution in [3.05, 3.63) is 87.6 Å². The molecule has 2 atom stereocenters. The Morgan fingerprint density at radius 1 is 1.24 bits per heavy atom. The number of allylic oxidation sites excluding steroid dienone is 7. The third-order valence-corrected chi connectivity index (χ3v) is 7.40. The van der Waals surface area contributed by atoms with Gasteiger partial charge in [0.1, 0.15) is 0 Å². The second-order valence-corrected chi connectivity index (χ2v) is 11.0. The molecule has 1 saturated heterocycles. The number of carbonyl (C=O) groups is 1. The molecule has 1 aliphatic heterocycles. The lowest BCUT2D eigenvalue weighted by Gasteiger charge is -2.38. The second kappa shape index (κ2) is 13.1. The van der Waals surface area contributed by atoms with E-state index in [2.05, 4.69) is 15.1 Å². The Hall–Kier alpha value is -2.85. The molecule has 0 aromatic heterocycles. The summed E-state index contributed by atoms with van der Waals surface area (Å²) in [4.78, 5) is 20.5. The topological polar surface area (TPSA) is 97.0 Å². The minimum absolute atomic E-state index is 0.0906. The lowest BCUT2D eigenvalue weighted by molar-refractivity contribution is -0.0582. The number of anilines is 1. The molecule has 2 unspecified atom stereocenters. The van der Waals surface area contributed by atoms with Gasteiger partial charge in [-0.05, 0) is 56.7 Å². The lowest BCUT2D eigenvalue weighted by atomic mass is 10.0. The third kappa shape index (κ3) is 7.82. The maximum absolute atomic E-state index is 13.4. The summed E-state index contributed by atoms with van der Waals surface area (Å²) in [7, 11) is -2.57. The van der Waals surface area contributed by atoms with Crippen molar-refractivity contribution in [1.82, 2.24) is 10.4 Å². The van der Waals surface area contributed by atoms with E-state index in [0.717, 1.165) is 18.8 Å². The highest BCUT2D eigenvalue weighted by Gasteiger charge is 2.25. The highest BCUT2D eigenvalue weighted by Crippen LogP contribution is 2.28. The van der Waals surface area contributed by atoms with Crippen molar-refractivity contribution in [2.24, 2.45) is 0 Å². The second-order valence-electron chi connectivity index (χ2n) is 8.85. The summed E-state index contributed by atoms with van der Waals surface area (Å²) >= 11 is 6.18. The number of ketones is 1. The van der Waals surface area contributed by atoms with E-state index in [-0.39, 0.29) is 33.9 Å². The predicted octanol–water partition coefficient (Wildman–Crippen LogP) is 5.10. The highest BCUT2D eigenvalue weighted by atomic mass is 35.5. The van der Waals surface area contributed by atoms with Crippen LogP contribution in [0, 0.1) is 0 Å². The van der Waals surface area contributed by atoms with Crippen molar-refractivity contribution in [3.8, 4) is 0 Å². The molecule has 0 spiro atoms. The molecule has 37 heavy (non-hydrogen) atoms. The summed E-state index contributed by atoms with van der Waals surface area (Å²) in [6.07, 6.45) is 13.2. The van der Waals surface area contributed by atoms with Crippen LogP contribution >= 0.6 is 11.6 Å². The molecule has 8 nitrogen and oxygen atoms in total. The van der Waals surface area contributed by atoms with E-state index < -0.39 is 15.8 Å². The van der Waals surface area contributed by atoms with Gasteiger partial charge < -0.3 is 9.64 Å². The maximum Gasteiger partial charge on any atom is 0.261 e. The fourth-order valence-electron chi connectivity index (χ4n) is 4.13. The molecule has 3 rings (SSSR count). The average Bonchev–Trinajstić information content (AvgIpc) is 3.11. The van der Waals surface area contributed by atoms with E-state index in [0.29, 0.717) is 17.9 Å². The molecule has 200 valence electrons. The number of sulfonamides is 1. The van der Waals surface area contributed by atoms with Crippen molar-refractivity contribution in [3.63, 3.8) is 0 Å². The third-order valence-electron chi connectivity index (χ3n) is 5.78. The zero-order chi connectivity index (χ0) is 27.0.